The average molecular weight is 215 g/mol. The van der Waals surface area contributed by atoms with E-state index in [-0.39, 0.29) is 5.97 Å². The number of carbonyl (C=O) groups excluding carboxylic acids is 1. The average Bonchev–Trinajstić information content (AvgIpc) is 1.97. The van der Waals surface area contributed by atoms with Crippen LogP contribution in [0, 0.1) is 0 Å². The van der Waals surface area contributed by atoms with Gasteiger partial charge in [-0.1, -0.05) is 6.08 Å². The van der Waals surface area contributed by atoms with Crippen LogP contribution in [-0.4, -0.2) is 42.3 Å². The lowest BCUT2D eigenvalue weighted by molar-refractivity contribution is -0.148. The van der Waals surface area contributed by atoms with Crippen molar-refractivity contribution in [2.75, 3.05) is 19.6 Å². The van der Waals surface area contributed by atoms with E-state index in [0.717, 1.165) is 0 Å². The number of halogens is 1. The molecule has 1 aliphatic rings. The lowest BCUT2D eigenvalue weighted by atomic mass is 10.2. The van der Waals surface area contributed by atoms with Crippen LogP contribution < -0.4 is 0 Å². The topological polar surface area (TPSA) is 29.5 Å². The number of nitrogens with zero attached hydrogens (tertiary/aromatic N) is 1. The van der Waals surface area contributed by atoms with Crippen LogP contribution in [0.4, 0.5) is 4.39 Å². The van der Waals surface area contributed by atoms with Crippen molar-refractivity contribution in [2.24, 2.45) is 0 Å². The van der Waals surface area contributed by atoms with Crippen molar-refractivity contribution in [1.29, 1.82) is 0 Å². The van der Waals surface area contributed by atoms with Crippen LogP contribution in [0.5, 0.6) is 0 Å². The molecule has 0 unspecified atom stereocenters. The summed E-state index contributed by atoms with van der Waals surface area (Å²) in [5.74, 6) is -0.347. The van der Waals surface area contributed by atoms with Crippen molar-refractivity contribution in [1.82, 2.24) is 4.90 Å². The minimum absolute atomic E-state index is 0.347. The highest BCUT2D eigenvalue weighted by Gasteiger charge is 2.24. The molecule has 1 aliphatic heterocycles. The second kappa shape index (κ2) is 4.75. The molecule has 0 aromatic rings. The maximum absolute atomic E-state index is 12.4. The normalized spacial score (nSPS) is 19.2. The third-order valence-electron chi connectivity index (χ3n) is 1.94. The van der Waals surface area contributed by atoms with E-state index in [9.17, 15) is 9.18 Å². The Labute approximate surface area is 89.9 Å². The Hall–Kier alpha value is -0.900. The maximum atomic E-state index is 12.4. The molecule has 0 N–H and O–H groups in total. The van der Waals surface area contributed by atoms with Crippen molar-refractivity contribution in [3.05, 3.63) is 12.2 Å². The van der Waals surface area contributed by atoms with Gasteiger partial charge in [-0.3, -0.25) is 4.90 Å². The van der Waals surface area contributed by atoms with Gasteiger partial charge in [-0.15, -0.1) is 0 Å². The van der Waals surface area contributed by atoms with Gasteiger partial charge >= 0.3 is 5.97 Å². The fraction of sp³-hybridized carbons (Fsp3) is 0.727. The van der Waals surface area contributed by atoms with E-state index in [0.29, 0.717) is 19.6 Å². The molecule has 0 aromatic carbocycles. The van der Waals surface area contributed by atoms with E-state index < -0.39 is 11.8 Å². The first-order valence-electron chi connectivity index (χ1n) is 5.13. The summed E-state index contributed by atoms with van der Waals surface area (Å²) in [4.78, 5) is 13.1. The molecule has 1 saturated heterocycles. The van der Waals surface area contributed by atoms with Crippen LogP contribution in [0.15, 0.2) is 12.2 Å². The molecule has 0 aromatic heterocycles. The van der Waals surface area contributed by atoms with Crippen molar-refractivity contribution >= 4 is 5.97 Å². The predicted octanol–water partition coefficient (Wildman–Crippen LogP) is 1.54. The smallest absolute Gasteiger partial charge is 0.330 e. The van der Waals surface area contributed by atoms with Crippen LogP contribution in [0.1, 0.15) is 20.8 Å². The molecular formula is C11H18FNO2. The summed E-state index contributed by atoms with van der Waals surface area (Å²) in [5.41, 5.74) is -0.456. The third kappa shape index (κ3) is 4.93. The first-order chi connectivity index (χ1) is 6.87. The quantitative estimate of drug-likeness (QED) is 0.528. The lowest BCUT2D eigenvalue weighted by Gasteiger charge is -2.33. The Balaban J connectivity index is 2.17. The first kappa shape index (κ1) is 12.2. The van der Waals surface area contributed by atoms with Gasteiger partial charge in [0.15, 0.2) is 0 Å². The maximum Gasteiger partial charge on any atom is 0.330 e. The molecule has 3 nitrogen and oxygen atoms in total. The van der Waals surface area contributed by atoms with Crippen LogP contribution in [0.2, 0.25) is 0 Å². The van der Waals surface area contributed by atoms with E-state index in [1.165, 1.54) is 6.08 Å². The molecule has 86 valence electrons. The molecular weight excluding hydrogens is 197 g/mol. The first-order valence-corrected chi connectivity index (χ1v) is 5.13. The third-order valence-corrected chi connectivity index (χ3v) is 1.94. The van der Waals surface area contributed by atoms with Gasteiger partial charge in [0.25, 0.3) is 0 Å². The van der Waals surface area contributed by atoms with Gasteiger partial charge in [-0.2, -0.15) is 0 Å². The molecule has 0 amide bonds. The molecule has 15 heavy (non-hydrogen) atoms. The highest BCUT2D eigenvalue weighted by atomic mass is 19.1. The number of alkyl halides is 1. The number of likely N-dealkylation sites (tertiary alicyclic amines) is 1. The molecule has 0 bridgehead atoms. The van der Waals surface area contributed by atoms with E-state index >= 15 is 0 Å². The molecule has 0 aliphatic carbocycles. The van der Waals surface area contributed by atoms with Crippen LogP contribution in [0.3, 0.4) is 0 Å². The van der Waals surface area contributed by atoms with Crippen molar-refractivity contribution in [3.63, 3.8) is 0 Å². The molecule has 0 radical (unpaired) electrons. The monoisotopic (exact) mass is 215 g/mol. The lowest BCUT2D eigenvalue weighted by Crippen LogP contribution is -2.48. The van der Waals surface area contributed by atoms with Gasteiger partial charge in [0.05, 0.1) is 0 Å². The number of hydrogen-bond acceptors (Lipinski definition) is 3. The standard InChI is InChI=1S/C11H18FNO2/c1-11(2,3)15-10(14)5-4-6-13-7-9(12)8-13/h4-5,9H,6-8H2,1-3H3. The zero-order chi connectivity index (χ0) is 11.5. The Morgan fingerprint density at radius 3 is 2.60 bits per heavy atom. The minimum atomic E-state index is -0.695. The van der Waals surface area contributed by atoms with E-state index in [1.54, 1.807) is 6.08 Å². The summed E-state index contributed by atoms with van der Waals surface area (Å²) in [6, 6.07) is 0. The summed E-state index contributed by atoms with van der Waals surface area (Å²) in [7, 11) is 0. The number of rotatable bonds is 3. The second-order valence-electron chi connectivity index (χ2n) is 4.75. The van der Waals surface area contributed by atoms with Crippen molar-refractivity contribution in [3.8, 4) is 0 Å². The van der Waals surface area contributed by atoms with Gasteiger partial charge in [-0.05, 0) is 20.8 Å². The fourth-order valence-electron chi connectivity index (χ4n) is 1.29. The number of carbonyl (C=O) groups is 1. The highest BCUT2D eigenvalue weighted by molar-refractivity contribution is 5.82. The fourth-order valence-corrected chi connectivity index (χ4v) is 1.29. The van der Waals surface area contributed by atoms with Crippen LogP contribution in [-0.2, 0) is 9.53 Å². The van der Waals surface area contributed by atoms with Crippen molar-refractivity contribution < 1.29 is 13.9 Å². The van der Waals surface area contributed by atoms with E-state index in [4.69, 9.17) is 4.74 Å². The number of hydrogen-bond donors (Lipinski definition) is 0. The molecule has 4 heteroatoms. The van der Waals surface area contributed by atoms with Gasteiger partial charge in [0.1, 0.15) is 11.8 Å². The van der Waals surface area contributed by atoms with Crippen LogP contribution >= 0.6 is 0 Å². The van der Waals surface area contributed by atoms with Gasteiger partial charge in [0.2, 0.25) is 0 Å². The zero-order valence-corrected chi connectivity index (χ0v) is 9.50. The van der Waals surface area contributed by atoms with Crippen LogP contribution in [0.25, 0.3) is 0 Å². The number of ether oxygens (including phenoxy) is 1. The zero-order valence-electron chi connectivity index (χ0n) is 9.50. The Kier molecular flexibility index (Phi) is 3.85. The summed E-state index contributed by atoms with van der Waals surface area (Å²) in [6.07, 6.45) is 2.41. The molecule has 1 fully saturated rings. The molecule has 0 spiro atoms. The Bertz CT molecular complexity index is 252. The van der Waals surface area contributed by atoms with Crippen molar-refractivity contribution in [2.45, 2.75) is 32.5 Å². The molecule has 1 heterocycles. The molecule has 0 saturated carbocycles. The number of esters is 1. The summed E-state index contributed by atoms with van der Waals surface area (Å²) >= 11 is 0. The summed E-state index contributed by atoms with van der Waals surface area (Å²) in [6.45, 7) is 7.02. The summed E-state index contributed by atoms with van der Waals surface area (Å²) < 4.78 is 17.5. The Morgan fingerprint density at radius 1 is 1.53 bits per heavy atom. The summed E-state index contributed by atoms with van der Waals surface area (Å²) in [5, 5.41) is 0. The second-order valence-corrected chi connectivity index (χ2v) is 4.75. The minimum Gasteiger partial charge on any atom is -0.457 e. The predicted molar refractivity (Wildman–Crippen MR) is 56.3 cm³/mol. The van der Waals surface area contributed by atoms with E-state index in [2.05, 4.69) is 0 Å². The van der Waals surface area contributed by atoms with E-state index in [1.807, 2.05) is 25.7 Å². The Morgan fingerprint density at radius 2 is 2.13 bits per heavy atom. The molecule has 0 atom stereocenters. The largest absolute Gasteiger partial charge is 0.457 e. The van der Waals surface area contributed by atoms with Gasteiger partial charge < -0.3 is 4.74 Å². The molecule has 1 rings (SSSR count). The van der Waals surface area contributed by atoms with Gasteiger partial charge in [-0.25, -0.2) is 9.18 Å². The SMILES string of the molecule is CC(C)(C)OC(=O)C=CCN1CC(F)C1. The highest BCUT2D eigenvalue weighted by Crippen LogP contribution is 2.10. The van der Waals surface area contributed by atoms with Gasteiger partial charge in [0, 0.05) is 25.7 Å².